The summed E-state index contributed by atoms with van der Waals surface area (Å²) >= 11 is 11.9. The van der Waals surface area contributed by atoms with E-state index in [1.807, 2.05) is 0 Å². The van der Waals surface area contributed by atoms with Crippen molar-refractivity contribution in [3.63, 3.8) is 0 Å². The highest BCUT2D eigenvalue weighted by Crippen LogP contribution is 2.23. The van der Waals surface area contributed by atoms with Gasteiger partial charge in [0.25, 0.3) is 0 Å². The summed E-state index contributed by atoms with van der Waals surface area (Å²) in [7, 11) is 0. The molecule has 0 unspecified atom stereocenters. The summed E-state index contributed by atoms with van der Waals surface area (Å²) in [6.45, 7) is 0.462. The van der Waals surface area contributed by atoms with Crippen molar-refractivity contribution in [2.24, 2.45) is 0 Å². The molecule has 1 heterocycles. The van der Waals surface area contributed by atoms with Crippen molar-refractivity contribution in [1.29, 1.82) is 0 Å². The SMILES string of the molecule is Clc1ccc(Cl)c(COC2CCCCCC2)n1. The van der Waals surface area contributed by atoms with Gasteiger partial charge in [0.2, 0.25) is 0 Å². The highest BCUT2D eigenvalue weighted by atomic mass is 35.5. The van der Waals surface area contributed by atoms with Crippen LogP contribution in [-0.4, -0.2) is 11.1 Å². The van der Waals surface area contributed by atoms with Crippen LogP contribution in [0.1, 0.15) is 44.2 Å². The van der Waals surface area contributed by atoms with Gasteiger partial charge >= 0.3 is 0 Å². The molecule has 1 fully saturated rings. The van der Waals surface area contributed by atoms with Gasteiger partial charge in [-0.05, 0) is 25.0 Å². The Morgan fingerprint density at radius 3 is 2.53 bits per heavy atom. The second kappa shape index (κ2) is 6.58. The van der Waals surface area contributed by atoms with Crippen LogP contribution in [0.5, 0.6) is 0 Å². The second-order valence-electron chi connectivity index (χ2n) is 4.49. The fourth-order valence-electron chi connectivity index (χ4n) is 2.16. The lowest BCUT2D eigenvalue weighted by molar-refractivity contribution is 0.0293. The summed E-state index contributed by atoms with van der Waals surface area (Å²) in [5.41, 5.74) is 0.739. The number of hydrogen-bond acceptors (Lipinski definition) is 2. The number of ether oxygens (including phenoxy) is 1. The van der Waals surface area contributed by atoms with Gasteiger partial charge in [-0.25, -0.2) is 4.98 Å². The molecule has 1 aromatic rings. The third kappa shape index (κ3) is 4.13. The van der Waals surface area contributed by atoms with E-state index in [1.165, 1.54) is 25.7 Å². The van der Waals surface area contributed by atoms with Crippen molar-refractivity contribution in [2.75, 3.05) is 0 Å². The van der Waals surface area contributed by atoms with Crippen molar-refractivity contribution >= 4 is 23.2 Å². The van der Waals surface area contributed by atoms with Crippen LogP contribution in [0, 0.1) is 0 Å². The van der Waals surface area contributed by atoms with E-state index < -0.39 is 0 Å². The first kappa shape index (κ1) is 13.1. The molecular formula is C13H17Cl2NO. The Hall–Kier alpha value is -0.310. The monoisotopic (exact) mass is 273 g/mol. The first-order valence-corrected chi connectivity index (χ1v) is 6.94. The molecular weight excluding hydrogens is 257 g/mol. The predicted octanol–water partition coefficient (Wildman–Crippen LogP) is 4.63. The van der Waals surface area contributed by atoms with E-state index in [0.29, 0.717) is 22.9 Å². The standard InChI is InChI=1S/C13H17Cl2NO/c14-11-7-8-13(15)16-12(11)9-17-10-5-3-1-2-4-6-10/h7-8,10H,1-6,9H2. The molecule has 0 bridgehead atoms. The first-order chi connectivity index (χ1) is 8.25. The maximum absolute atomic E-state index is 6.05. The fourth-order valence-corrected chi connectivity index (χ4v) is 2.49. The lowest BCUT2D eigenvalue weighted by Crippen LogP contribution is -2.12. The van der Waals surface area contributed by atoms with Gasteiger partial charge in [-0.2, -0.15) is 0 Å². The largest absolute Gasteiger partial charge is 0.372 e. The third-order valence-corrected chi connectivity index (χ3v) is 3.70. The second-order valence-corrected chi connectivity index (χ2v) is 5.28. The van der Waals surface area contributed by atoms with Crippen LogP contribution in [0.2, 0.25) is 10.2 Å². The van der Waals surface area contributed by atoms with E-state index in [9.17, 15) is 0 Å². The van der Waals surface area contributed by atoms with E-state index in [4.69, 9.17) is 27.9 Å². The molecule has 1 aromatic heterocycles. The predicted molar refractivity (Wildman–Crippen MR) is 70.5 cm³/mol. The Labute approximate surface area is 112 Å². The van der Waals surface area contributed by atoms with E-state index in [2.05, 4.69) is 4.98 Å². The van der Waals surface area contributed by atoms with Crippen LogP contribution in [0.15, 0.2) is 12.1 Å². The van der Waals surface area contributed by atoms with Crippen LogP contribution in [0.25, 0.3) is 0 Å². The molecule has 0 aliphatic heterocycles. The maximum Gasteiger partial charge on any atom is 0.129 e. The molecule has 0 spiro atoms. The quantitative estimate of drug-likeness (QED) is 0.592. The molecule has 0 atom stereocenters. The zero-order valence-electron chi connectivity index (χ0n) is 9.79. The molecule has 1 saturated carbocycles. The molecule has 17 heavy (non-hydrogen) atoms. The number of hydrogen-bond donors (Lipinski definition) is 0. The van der Waals surface area contributed by atoms with E-state index >= 15 is 0 Å². The highest BCUT2D eigenvalue weighted by molar-refractivity contribution is 6.32. The van der Waals surface area contributed by atoms with Gasteiger partial charge in [-0.1, -0.05) is 48.9 Å². The molecule has 1 aliphatic carbocycles. The number of halogens is 2. The molecule has 0 N–H and O–H groups in total. The van der Waals surface area contributed by atoms with Gasteiger partial charge in [0.05, 0.1) is 23.4 Å². The zero-order valence-corrected chi connectivity index (χ0v) is 11.3. The van der Waals surface area contributed by atoms with E-state index in [1.54, 1.807) is 12.1 Å². The minimum Gasteiger partial charge on any atom is -0.372 e. The maximum atomic E-state index is 6.05. The Kier molecular flexibility index (Phi) is 5.08. The zero-order chi connectivity index (χ0) is 12.1. The van der Waals surface area contributed by atoms with Gasteiger partial charge in [-0.3, -0.25) is 0 Å². The van der Waals surface area contributed by atoms with Gasteiger partial charge < -0.3 is 4.74 Å². The van der Waals surface area contributed by atoms with Crippen molar-refractivity contribution < 1.29 is 4.74 Å². The normalized spacial score (nSPS) is 18.0. The molecule has 94 valence electrons. The molecule has 1 aliphatic rings. The lowest BCUT2D eigenvalue weighted by Gasteiger charge is -2.15. The summed E-state index contributed by atoms with van der Waals surface area (Å²) in [6, 6.07) is 3.46. The average molecular weight is 274 g/mol. The van der Waals surface area contributed by atoms with Crippen molar-refractivity contribution in [1.82, 2.24) is 4.98 Å². The van der Waals surface area contributed by atoms with Crippen LogP contribution in [0.3, 0.4) is 0 Å². The molecule has 0 aromatic carbocycles. The van der Waals surface area contributed by atoms with Gasteiger partial charge in [0.15, 0.2) is 0 Å². The minimum absolute atomic E-state index is 0.356. The Morgan fingerprint density at radius 2 is 1.82 bits per heavy atom. The highest BCUT2D eigenvalue weighted by Gasteiger charge is 2.13. The Bertz CT molecular complexity index is 362. The van der Waals surface area contributed by atoms with Crippen molar-refractivity contribution in [3.8, 4) is 0 Å². The fraction of sp³-hybridized carbons (Fsp3) is 0.615. The van der Waals surface area contributed by atoms with Crippen LogP contribution < -0.4 is 0 Å². The molecule has 2 nitrogen and oxygen atoms in total. The lowest BCUT2D eigenvalue weighted by atomic mass is 10.1. The first-order valence-electron chi connectivity index (χ1n) is 6.18. The van der Waals surface area contributed by atoms with Crippen LogP contribution in [-0.2, 0) is 11.3 Å². The summed E-state index contributed by atoms with van der Waals surface area (Å²) < 4.78 is 5.88. The van der Waals surface area contributed by atoms with E-state index in [0.717, 1.165) is 18.5 Å². The van der Waals surface area contributed by atoms with Crippen LogP contribution in [0.4, 0.5) is 0 Å². The number of pyridine rings is 1. The summed E-state index contributed by atoms with van der Waals surface area (Å²) in [5, 5.41) is 1.09. The topological polar surface area (TPSA) is 22.1 Å². The number of nitrogens with zero attached hydrogens (tertiary/aromatic N) is 1. The number of aromatic nitrogens is 1. The molecule has 0 amide bonds. The minimum atomic E-state index is 0.356. The third-order valence-electron chi connectivity index (χ3n) is 3.14. The smallest absolute Gasteiger partial charge is 0.129 e. The van der Waals surface area contributed by atoms with Crippen LogP contribution >= 0.6 is 23.2 Å². The Balaban J connectivity index is 1.89. The van der Waals surface area contributed by atoms with Gasteiger partial charge in [0.1, 0.15) is 5.15 Å². The molecule has 4 heteroatoms. The van der Waals surface area contributed by atoms with Gasteiger partial charge in [-0.15, -0.1) is 0 Å². The van der Waals surface area contributed by atoms with Crippen molar-refractivity contribution in [2.45, 2.75) is 51.2 Å². The molecule has 0 radical (unpaired) electrons. The number of rotatable bonds is 3. The molecule has 2 rings (SSSR count). The van der Waals surface area contributed by atoms with Crippen molar-refractivity contribution in [3.05, 3.63) is 28.0 Å². The van der Waals surface area contributed by atoms with E-state index in [-0.39, 0.29) is 0 Å². The van der Waals surface area contributed by atoms with Gasteiger partial charge in [0, 0.05) is 0 Å². The summed E-state index contributed by atoms with van der Waals surface area (Å²) in [5.74, 6) is 0. The summed E-state index contributed by atoms with van der Waals surface area (Å²) in [6.07, 6.45) is 7.85. The summed E-state index contributed by atoms with van der Waals surface area (Å²) in [4.78, 5) is 4.19. The molecule has 0 saturated heterocycles. The average Bonchev–Trinajstić information content (AvgIpc) is 2.59. The Morgan fingerprint density at radius 1 is 1.12 bits per heavy atom.